The van der Waals surface area contributed by atoms with Gasteiger partial charge in [-0.25, -0.2) is 4.39 Å². The van der Waals surface area contributed by atoms with Crippen LogP contribution in [-0.4, -0.2) is 24.4 Å². The molecule has 7 heteroatoms. The molecule has 0 aliphatic carbocycles. The molecular formula is C18H19ClFN3O2. The quantitative estimate of drug-likeness (QED) is 0.733. The van der Waals surface area contributed by atoms with Gasteiger partial charge in [0.2, 0.25) is 5.91 Å². The van der Waals surface area contributed by atoms with Gasteiger partial charge in [0.15, 0.2) is 0 Å². The summed E-state index contributed by atoms with van der Waals surface area (Å²) in [4.78, 5) is 23.8. The number of amides is 2. The van der Waals surface area contributed by atoms with E-state index in [4.69, 9.17) is 11.6 Å². The Hall–Kier alpha value is -2.60. The molecule has 2 amide bonds. The van der Waals surface area contributed by atoms with Gasteiger partial charge in [0.1, 0.15) is 5.82 Å². The fourth-order valence-electron chi connectivity index (χ4n) is 2.04. The van der Waals surface area contributed by atoms with E-state index >= 15 is 0 Å². The maximum Gasteiger partial charge on any atom is 0.251 e. The van der Waals surface area contributed by atoms with E-state index in [1.54, 1.807) is 24.3 Å². The first-order chi connectivity index (χ1) is 11.8. The van der Waals surface area contributed by atoms with Crippen molar-refractivity contribution in [2.45, 2.75) is 19.9 Å². The molecule has 5 nitrogen and oxygen atoms in total. The van der Waals surface area contributed by atoms with Crippen LogP contribution in [0.2, 0.25) is 5.02 Å². The second-order valence-corrected chi connectivity index (χ2v) is 6.14. The molecule has 2 aromatic carbocycles. The molecule has 0 radical (unpaired) electrons. The summed E-state index contributed by atoms with van der Waals surface area (Å²) < 4.78 is 13.1. The lowest BCUT2D eigenvalue weighted by molar-refractivity contribution is -0.114. The molecular weight excluding hydrogens is 345 g/mol. The average Bonchev–Trinajstić information content (AvgIpc) is 2.56. The van der Waals surface area contributed by atoms with Crippen molar-refractivity contribution in [3.05, 3.63) is 58.9 Å². The summed E-state index contributed by atoms with van der Waals surface area (Å²) in [7, 11) is 0. The Labute approximate surface area is 150 Å². The van der Waals surface area contributed by atoms with Crippen LogP contribution in [0, 0.1) is 5.82 Å². The Morgan fingerprint density at radius 2 is 1.72 bits per heavy atom. The van der Waals surface area contributed by atoms with Gasteiger partial charge in [-0.05, 0) is 56.3 Å². The van der Waals surface area contributed by atoms with Crippen molar-refractivity contribution >= 4 is 34.8 Å². The summed E-state index contributed by atoms with van der Waals surface area (Å²) in [5.41, 5.74) is 1.64. The molecule has 25 heavy (non-hydrogen) atoms. The van der Waals surface area contributed by atoms with Crippen LogP contribution in [0.25, 0.3) is 0 Å². The molecule has 2 aromatic rings. The highest BCUT2D eigenvalue weighted by atomic mass is 35.5. The van der Waals surface area contributed by atoms with E-state index in [1.165, 1.54) is 18.2 Å². The van der Waals surface area contributed by atoms with Crippen LogP contribution in [0.4, 0.5) is 15.8 Å². The van der Waals surface area contributed by atoms with Gasteiger partial charge in [-0.2, -0.15) is 0 Å². The fraction of sp³-hybridized carbons (Fsp3) is 0.222. The first-order valence-corrected chi connectivity index (χ1v) is 8.12. The normalized spacial score (nSPS) is 10.4. The highest BCUT2D eigenvalue weighted by molar-refractivity contribution is 6.31. The third-order valence-corrected chi connectivity index (χ3v) is 3.51. The Kier molecular flexibility index (Phi) is 6.36. The fourth-order valence-corrected chi connectivity index (χ4v) is 2.22. The van der Waals surface area contributed by atoms with Gasteiger partial charge >= 0.3 is 0 Å². The van der Waals surface area contributed by atoms with E-state index in [0.717, 1.165) is 0 Å². The highest BCUT2D eigenvalue weighted by Gasteiger charge is 2.08. The molecule has 0 unspecified atom stereocenters. The molecule has 0 saturated carbocycles. The van der Waals surface area contributed by atoms with Gasteiger partial charge in [-0.1, -0.05) is 11.6 Å². The third-order valence-electron chi connectivity index (χ3n) is 3.22. The SMILES string of the molecule is CC(C)NC(=O)c1ccc(NC(=O)CNc2ccc(F)c(Cl)c2)cc1. The number of nitrogens with one attached hydrogen (secondary N) is 3. The maximum atomic E-state index is 13.1. The number of rotatable bonds is 6. The Bertz CT molecular complexity index is 763. The molecule has 0 heterocycles. The van der Waals surface area contributed by atoms with Gasteiger partial charge in [-0.15, -0.1) is 0 Å². The second kappa shape index (κ2) is 8.48. The number of benzene rings is 2. The van der Waals surface area contributed by atoms with E-state index in [9.17, 15) is 14.0 Å². The summed E-state index contributed by atoms with van der Waals surface area (Å²) >= 11 is 5.68. The van der Waals surface area contributed by atoms with Crippen molar-refractivity contribution < 1.29 is 14.0 Å². The maximum absolute atomic E-state index is 13.1. The van der Waals surface area contributed by atoms with Gasteiger partial charge in [0.25, 0.3) is 5.91 Å². The first kappa shape index (κ1) is 18.7. The van der Waals surface area contributed by atoms with Crippen LogP contribution in [-0.2, 0) is 4.79 Å². The van der Waals surface area contributed by atoms with Crippen LogP contribution >= 0.6 is 11.6 Å². The lowest BCUT2D eigenvalue weighted by Crippen LogP contribution is -2.30. The van der Waals surface area contributed by atoms with E-state index in [-0.39, 0.29) is 29.4 Å². The van der Waals surface area contributed by atoms with Crippen molar-refractivity contribution in [3.8, 4) is 0 Å². The number of hydrogen-bond acceptors (Lipinski definition) is 3. The zero-order valence-corrected chi connectivity index (χ0v) is 14.7. The summed E-state index contributed by atoms with van der Waals surface area (Å²) in [6, 6.07) is 10.8. The summed E-state index contributed by atoms with van der Waals surface area (Å²) in [5.74, 6) is -0.958. The monoisotopic (exact) mass is 363 g/mol. The molecule has 0 aliphatic heterocycles. The van der Waals surface area contributed by atoms with Gasteiger partial charge in [0, 0.05) is 23.0 Å². The predicted octanol–water partition coefficient (Wildman–Crippen LogP) is 3.67. The van der Waals surface area contributed by atoms with Crippen molar-refractivity contribution in [3.63, 3.8) is 0 Å². The zero-order valence-electron chi connectivity index (χ0n) is 13.9. The van der Waals surface area contributed by atoms with Gasteiger partial charge < -0.3 is 16.0 Å². The molecule has 132 valence electrons. The molecule has 0 spiro atoms. The molecule has 0 saturated heterocycles. The molecule has 0 bridgehead atoms. The van der Waals surface area contributed by atoms with Crippen molar-refractivity contribution in [1.82, 2.24) is 5.32 Å². The van der Waals surface area contributed by atoms with Crippen LogP contribution in [0.3, 0.4) is 0 Å². The average molecular weight is 364 g/mol. The van der Waals surface area contributed by atoms with Gasteiger partial charge in [0.05, 0.1) is 11.6 Å². The molecule has 3 N–H and O–H groups in total. The predicted molar refractivity (Wildman–Crippen MR) is 97.6 cm³/mol. The standard InChI is InChI=1S/C18H19ClFN3O2/c1-11(2)22-18(25)12-3-5-13(6-4-12)23-17(24)10-21-14-7-8-16(20)15(19)9-14/h3-9,11,21H,10H2,1-2H3,(H,22,25)(H,23,24). The number of anilines is 2. The Morgan fingerprint density at radius 1 is 1.08 bits per heavy atom. The van der Waals surface area contributed by atoms with Crippen LogP contribution in [0.5, 0.6) is 0 Å². The molecule has 2 rings (SSSR count). The number of carbonyl (C=O) groups excluding carboxylic acids is 2. The number of halogens is 2. The zero-order chi connectivity index (χ0) is 18.4. The first-order valence-electron chi connectivity index (χ1n) is 7.75. The van der Waals surface area contributed by atoms with Crippen molar-refractivity contribution in [2.24, 2.45) is 0 Å². The Balaban J connectivity index is 1.87. The van der Waals surface area contributed by atoms with E-state index in [2.05, 4.69) is 16.0 Å². The summed E-state index contributed by atoms with van der Waals surface area (Å²) in [6.07, 6.45) is 0. The lowest BCUT2D eigenvalue weighted by atomic mass is 10.2. The minimum absolute atomic E-state index is 0.00243. The summed E-state index contributed by atoms with van der Waals surface area (Å²) in [5, 5.41) is 8.34. The minimum atomic E-state index is -0.515. The molecule has 0 fully saturated rings. The number of carbonyl (C=O) groups is 2. The summed E-state index contributed by atoms with van der Waals surface area (Å²) in [6.45, 7) is 3.76. The second-order valence-electron chi connectivity index (χ2n) is 5.74. The highest BCUT2D eigenvalue weighted by Crippen LogP contribution is 2.19. The van der Waals surface area contributed by atoms with Gasteiger partial charge in [-0.3, -0.25) is 9.59 Å². The lowest BCUT2D eigenvalue weighted by Gasteiger charge is -2.10. The van der Waals surface area contributed by atoms with Crippen molar-refractivity contribution in [2.75, 3.05) is 17.2 Å². The van der Waals surface area contributed by atoms with E-state index in [0.29, 0.717) is 16.9 Å². The van der Waals surface area contributed by atoms with E-state index in [1.807, 2.05) is 13.8 Å². The van der Waals surface area contributed by atoms with Crippen LogP contribution in [0.15, 0.2) is 42.5 Å². The molecule has 0 aliphatic rings. The van der Waals surface area contributed by atoms with Crippen LogP contribution in [0.1, 0.15) is 24.2 Å². The molecule has 0 aromatic heterocycles. The van der Waals surface area contributed by atoms with Crippen molar-refractivity contribution in [1.29, 1.82) is 0 Å². The molecule has 0 atom stereocenters. The minimum Gasteiger partial charge on any atom is -0.376 e. The smallest absolute Gasteiger partial charge is 0.251 e. The Morgan fingerprint density at radius 3 is 2.32 bits per heavy atom. The number of hydrogen-bond donors (Lipinski definition) is 3. The largest absolute Gasteiger partial charge is 0.376 e. The topological polar surface area (TPSA) is 70.2 Å². The van der Waals surface area contributed by atoms with E-state index < -0.39 is 5.82 Å². The third kappa shape index (κ3) is 5.76. The van der Waals surface area contributed by atoms with Crippen LogP contribution < -0.4 is 16.0 Å².